The number of aromatic amines is 1. The smallest absolute Gasteiger partial charge is 0.106 e. The van der Waals surface area contributed by atoms with Gasteiger partial charge in [-0.05, 0) is 12.1 Å². The molecule has 3 aromatic rings. The Bertz CT molecular complexity index is 835. The molecule has 98 valence electrons. The van der Waals surface area contributed by atoms with E-state index in [0.717, 1.165) is 15.6 Å². The van der Waals surface area contributed by atoms with E-state index in [1.807, 2.05) is 30.3 Å². The first-order chi connectivity index (χ1) is 9.83. The summed E-state index contributed by atoms with van der Waals surface area (Å²) in [4.78, 5) is 8.17. The molecule has 1 N–H and O–H groups in total. The van der Waals surface area contributed by atoms with Gasteiger partial charge in [-0.1, -0.05) is 59.8 Å². The van der Waals surface area contributed by atoms with Gasteiger partial charge in [0.1, 0.15) is 5.04 Å². The number of benzene rings is 2. The molecule has 0 saturated heterocycles. The molecule has 4 heteroatoms. The number of aliphatic imine (C=N–C) groups is 1. The highest BCUT2D eigenvalue weighted by Gasteiger charge is 2.20. The third-order valence-electron chi connectivity index (χ3n) is 3.46. The number of nitrogens with one attached hydrogen (secondary N) is 1. The second-order valence-electron chi connectivity index (χ2n) is 4.68. The number of aromatic nitrogens is 1. The molecule has 0 bridgehead atoms. The van der Waals surface area contributed by atoms with Gasteiger partial charge in [0, 0.05) is 22.0 Å². The van der Waals surface area contributed by atoms with Crippen molar-refractivity contribution in [1.29, 1.82) is 0 Å². The zero-order valence-corrected chi connectivity index (χ0v) is 12.1. The molecule has 0 aliphatic carbocycles. The lowest BCUT2D eigenvalue weighted by Crippen LogP contribution is -2.03. The summed E-state index contributed by atoms with van der Waals surface area (Å²) >= 11 is 7.92. The lowest BCUT2D eigenvalue weighted by molar-refractivity contribution is 1.01. The number of nitrogens with zero attached hydrogens (tertiary/aromatic N) is 1. The number of hydrogen-bond acceptors (Lipinski definition) is 2. The van der Waals surface area contributed by atoms with Gasteiger partial charge in [-0.2, -0.15) is 0 Å². The maximum Gasteiger partial charge on any atom is 0.106 e. The molecule has 0 radical (unpaired) electrons. The van der Waals surface area contributed by atoms with Crippen LogP contribution in [0, 0.1) is 0 Å². The van der Waals surface area contributed by atoms with Crippen LogP contribution in [0.4, 0.5) is 0 Å². The van der Waals surface area contributed by atoms with Crippen LogP contribution in [0.25, 0.3) is 10.9 Å². The number of H-pyrrole nitrogens is 1. The number of thioether (sulfide) groups is 1. The Hall–Kier alpha value is -1.71. The molecular formula is C16H11ClN2S. The van der Waals surface area contributed by atoms with Gasteiger partial charge in [0.05, 0.1) is 16.6 Å². The summed E-state index contributed by atoms with van der Waals surface area (Å²) in [6, 6.07) is 16.2. The Balaban J connectivity index is 1.80. The van der Waals surface area contributed by atoms with Crippen molar-refractivity contribution >= 4 is 39.3 Å². The fourth-order valence-electron chi connectivity index (χ4n) is 2.47. The molecule has 1 aliphatic heterocycles. The van der Waals surface area contributed by atoms with Crippen LogP contribution in [0.3, 0.4) is 0 Å². The van der Waals surface area contributed by atoms with Crippen LogP contribution < -0.4 is 0 Å². The van der Waals surface area contributed by atoms with Crippen LogP contribution in [0.2, 0.25) is 5.02 Å². The van der Waals surface area contributed by atoms with Crippen molar-refractivity contribution in [2.45, 2.75) is 11.6 Å². The summed E-state index contributed by atoms with van der Waals surface area (Å²) in [7, 11) is 0. The lowest BCUT2D eigenvalue weighted by Gasteiger charge is -2.13. The third-order valence-corrected chi connectivity index (χ3v) is 4.88. The Kier molecular flexibility index (Phi) is 2.83. The van der Waals surface area contributed by atoms with Crippen LogP contribution in [0.1, 0.15) is 11.1 Å². The number of halogens is 1. The van der Waals surface area contributed by atoms with Crippen molar-refractivity contribution in [3.05, 3.63) is 64.7 Å². The van der Waals surface area contributed by atoms with E-state index in [-0.39, 0.29) is 0 Å². The molecule has 4 rings (SSSR count). The third kappa shape index (κ3) is 1.86. The van der Waals surface area contributed by atoms with Gasteiger partial charge in [-0.25, -0.2) is 0 Å². The minimum Gasteiger partial charge on any atom is -0.349 e. The molecule has 0 fully saturated rings. The lowest BCUT2D eigenvalue weighted by atomic mass is 10.2. The Morgan fingerprint density at radius 3 is 2.75 bits per heavy atom. The zero-order chi connectivity index (χ0) is 13.5. The van der Waals surface area contributed by atoms with Crippen LogP contribution in [0.5, 0.6) is 0 Å². The molecular weight excluding hydrogens is 288 g/mol. The zero-order valence-electron chi connectivity index (χ0n) is 10.6. The van der Waals surface area contributed by atoms with E-state index in [1.165, 1.54) is 21.5 Å². The largest absolute Gasteiger partial charge is 0.349 e. The molecule has 20 heavy (non-hydrogen) atoms. The highest BCUT2D eigenvalue weighted by Crippen LogP contribution is 2.37. The molecule has 1 aliphatic rings. The van der Waals surface area contributed by atoms with E-state index >= 15 is 0 Å². The Labute approximate surface area is 125 Å². The van der Waals surface area contributed by atoms with Gasteiger partial charge < -0.3 is 4.98 Å². The fraction of sp³-hybridized carbons (Fsp3) is 0.0625. The number of rotatable bonds is 1. The van der Waals surface area contributed by atoms with Crippen molar-refractivity contribution in [2.75, 3.05) is 0 Å². The average Bonchev–Trinajstić information content (AvgIpc) is 2.85. The van der Waals surface area contributed by atoms with Gasteiger partial charge in [-0.15, -0.1) is 0 Å². The normalized spacial score (nSPS) is 14.2. The van der Waals surface area contributed by atoms with E-state index in [2.05, 4.69) is 23.2 Å². The second-order valence-corrected chi connectivity index (χ2v) is 6.09. The van der Waals surface area contributed by atoms with Crippen molar-refractivity contribution < 1.29 is 0 Å². The van der Waals surface area contributed by atoms with Crippen molar-refractivity contribution in [1.82, 2.24) is 4.98 Å². The summed E-state index contributed by atoms with van der Waals surface area (Å²) < 4.78 is 0. The highest BCUT2D eigenvalue weighted by molar-refractivity contribution is 8.14. The van der Waals surface area contributed by atoms with Gasteiger partial charge in [-0.3, -0.25) is 4.99 Å². The van der Waals surface area contributed by atoms with Crippen molar-refractivity contribution in [2.24, 2.45) is 4.99 Å². The maximum absolute atomic E-state index is 6.26. The van der Waals surface area contributed by atoms with E-state index in [9.17, 15) is 0 Å². The van der Waals surface area contributed by atoms with Gasteiger partial charge in [0.2, 0.25) is 0 Å². The van der Waals surface area contributed by atoms with Crippen LogP contribution in [0.15, 0.2) is 58.5 Å². The minimum absolute atomic E-state index is 0.701. The van der Waals surface area contributed by atoms with Gasteiger partial charge in [0.25, 0.3) is 0 Å². The standard InChI is InChI=1S/C16H11ClN2S/c17-13-7-3-1-6-11(13)15-18-9-12-10-5-2-4-8-14(10)19-16(12)20-15/h1-8,19H,9H2. The summed E-state index contributed by atoms with van der Waals surface area (Å²) in [5.41, 5.74) is 3.45. The van der Waals surface area contributed by atoms with Gasteiger partial charge >= 0.3 is 0 Å². The topological polar surface area (TPSA) is 28.1 Å². The highest BCUT2D eigenvalue weighted by atomic mass is 35.5. The number of para-hydroxylation sites is 1. The monoisotopic (exact) mass is 298 g/mol. The molecule has 2 nitrogen and oxygen atoms in total. The first-order valence-electron chi connectivity index (χ1n) is 6.40. The molecule has 2 heterocycles. The van der Waals surface area contributed by atoms with E-state index in [0.29, 0.717) is 6.54 Å². The van der Waals surface area contributed by atoms with Crippen LogP contribution in [-0.2, 0) is 6.54 Å². The second kappa shape index (κ2) is 4.69. The van der Waals surface area contributed by atoms with Crippen molar-refractivity contribution in [3.8, 4) is 0 Å². The quantitative estimate of drug-likeness (QED) is 0.682. The SMILES string of the molecule is Clc1ccccc1C1=NCc2c([nH]c3ccccc23)S1. The molecule has 0 unspecified atom stereocenters. The predicted octanol–water partition coefficient (Wildman–Crippen LogP) is 4.87. The first-order valence-corrected chi connectivity index (χ1v) is 7.59. The molecule has 1 aromatic heterocycles. The summed E-state index contributed by atoms with van der Waals surface area (Å²) in [5.74, 6) is 0. The molecule has 0 spiro atoms. The Morgan fingerprint density at radius 2 is 1.85 bits per heavy atom. The number of fused-ring (bicyclic) bond motifs is 3. The molecule has 0 saturated carbocycles. The van der Waals surface area contributed by atoms with Crippen LogP contribution >= 0.6 is 23.4 Å². The average molecular weight is 299 g/mol. The predicted molar refractivity (Wildman–Crippen MR) is 85.8 cm³/mol. The first kappa shape index (κ1) is 12.1. The molecule has 0 amide bonds. The number of hydrogen-bond donors (Lipinski definition) is 1. The maximum atomic E-state index is 6.26. The molecule has 2 aromatic carbocycles. The summed E-state index contributed by atoms with van der Waals surface area (Å²) in [5, 5.41) is 4.17. The van der Waals surface area contributed by atoms with E-state index in [4.69, 9.17) is 16.6 Å². The van der Waals surface area contributed by atoms with E-state index < -0.39 is 0 Å². The minimum atomic E-state index is 0.701. The summed E-state index contributed by atoms with van der Waals surface area (Å²) in [6.07, 6.45) is 0. The van der Waals surface area contributed by atoms with E-state index in [1.54, 1.807) is 11.8 Å². The summed E-state index contributed by atoms with van der Waals surface area (Å²) in [6.45, 7) is 0.701. The van der Waals surface area contributed by atoms with Crippen LogP contribution in [-0.4, -0.2) is 10.0 Å². The van der Waals surface area contributed by atoms with Gasteiger partial charge in [0.15, 0.2) is 0 Å². The van der Waals surface area contributed by atoms with Crippen molar-refractivity contribution in [3.63, 3.8) is 0 Å². The fourth-order valence-corrected chi connectivity index (χ4v) is 3.82. The molecule has 0 atom stereocenters. The Morgan fingerprint density at radius 1 is 1.05 bits per heavy atom.